The van der Waals surface area contributed by atoms with Gasteiger partial charge < -0.3 is 4.74 Å². The van der Waals surface area contributed by atoms with Crippen molar-refractivity contribution in [3.8, 4) is 5.75 Å². The van der Waals surface area contributed by atoms with Gasteiger partial charge in [-0.15, -0.1) is 0 Å². The van der Waals surface area contributed by atoms with Crippen LogP contribution in [0.3, 0.4) is 0 Å². The number of hydrazine groups is 1. The molecule has 0 heterocycles. The van der Waals surface area contributed by atoms with Gasteiger partial charge in [-0.1, -0.05) is 22.0 Å². The molecule has 0 fully saturated rings. The molecule has 3 nitrogen and oxygen atoms in total. The minimum atomic E-state index is -0.609. The van der Waals surface area contributed by atoms with Gasteiger partial charge in [0.15, 0.2) is 11.6 Å². The topological polar surface area (TPSA) is 47.3 Å². The lowest BCUT2D eigenvalue weighted by Crippen LogP contribution is -2.29. The summed E-state index contributed by atoms with van der Waals surface area (Å²) in [6.45, 7) is 0. The summed E-state index contributed by atoms with van der Waals surface area (Å²) in [5, 5.41) is 0. The molecule has 0 aliphatic heterocycles. The molecule has 20 heavy (non-hydrogen) atoms. The fourth-order valence-corrected chi connectivity index (χ4v) is 2.34. The van der Waals surface area contributed by atoms with Crippen LogP contribution in [0.25, 0.3) is 0 Å². The maximum Gasteiger partial charge on any atom is 0.165 e. The van der Waals surface area contributed by atoms with Gasteiger partial charge in [0.1, 0.15) is 5.82 Å². The number of nitrogens with one attached hydrogen (secondary N) is 1. The summed E-state index contributed by atoms with van der Waals surface area (Å²) in [7, 11) is 1.37. The minimum Gasteiger partial charge on any atom is -0.494 e. The van der Waals surface area contributed by atoms with Crippen molar-refractivity contribution in [2.75, 3.05) is 7.11 Å². The van der Waals surface area contributed by atoms with E-state index < -0.39 is 17.7 Å². The number of rotatable bonds is 4. The van der Waals surface area contributed by atoms with Gasteiger partial charge in [-0.05, 0) is 35.9 Å². The van der Waals surface area contributed by atoms with Crippen LogP contribution in [0.15, 0.2) is 40.9 Å². The van der Waals surface area contributed by atoms with Crippen molar-refractivity contribution in [2.45, 2.75) is 6.04 Å². The molecule has 0 bridgehead atoms. The van der Waals surface area contributed by atoms with Gasteiger partial charge in [0.2, 0.25) is 0 Å². The number of methoxy groups -OCH3 is 1. The van der Waals surface area contributed by atoms with Gasteiger partial charge >= 0.3 is 0 Å². The van der Waals surface area contributed by atoms with Crippen molar-refractivity contribution in [2.24, 2.45) is 5.84 Å². The van der Waals surface area contributed by atoms with Gasteiger partial charge in [0.05, 0.1) is 13.2 Å². The summed E-state index contributed by atoms with van der Waals surface area (Å²) in [6, 6.07) is 8.22. The number of benzene rings is 2. The lowest BCUT2D eigenvalue weighted by molar-refractivity contribution is 0.385. The van der Waals surface area contributed by atoms with E-state index in [0.717, 1.165) is 4.47 Å². The lowest BCUT2D eigenvalue weighted by Gasteiger charge is -2.18. The Balaban J connectivity index is 2.49. The van der Waals surface area contributed by atoms with Crippen LogP contribution in [-0.2, 0) is 0 Å². The fraction of sp³-hybridized carbons (Fsp3) is 0.143. The first kappa shape index (κ1) is 14.9. The van der Waals surface area contributed by atoms with Crippen molar-refractivity contribution in [1.82, 2.24) is 5.43 Å². The molecule has 0 saturated carbocycles. The third-order valence-electron chi connectivity index (χ3n) is 2.94. The van der Waals surface area contributed by atoms with Crippen LogP contribution in [0.2, 0.25) is 0 Å². The van der Waals surface area contributed by atoms with Crippen LogP contribution >= 0.6 is 15.9 Å². The van der Waals surface area contributed by atoms with E-state index >= 15 is 0 Å². The fourth-order valence-electron chi connectivity index (χ4n) is 1.96. The van der Waals surface area contributed by atoms with Gasteiger partial charge in [0, 0.05) is 10.0 Å². The predicted molar refractivity (Wildman–Crippen MR) is 76.2 cm³/mol. The molecule has 106 valence electrons. The van der Waals surface area contributed by atoms with Crippen LogP contribution in [0, 0.1) is 11.6 Å². The predicted octanol–water partition coefficient (Wildman–Crippen LogP) is 3.29. The highest BCUT2D eigenvalue weighted by molar-refractivity contribution is 9.10. The second-order valence-corrected chi connectivity index (χ2v) is 5.08. The maximum atomic E-state index is 13.9. The third kappa shape index (κ3) is 2.98. The van der Waals surface area contributed by atoms with E-state index in [0.29, 0.717) is 11.1 Å². The van der Waals surface area contributed by atoms with E-state index in [1.54, 1.807) is 12.1 Å². The number of ether oxygens (including phenoxy) is 1. The molecule has 0 radical (unpaired) electrons. The van der Waals surface area contributed by atoms with Crippen LogP contribution in [0.4, 0.5) is 8.78 Å². The molecular weight excluding hydrogens is 330 g/mol. The monoisotopic (exact) mass is 342 g/mol. The van der Waals surface area contributed by atoms with Crippen LogP contribution in [-0.4, -0.2) is 7.11 Å². The average Bonchev–Trinajstić information content (AvgIpc) is 2.45. The summed E-state index contributed by atoms with van der Waals surface area (Å²) in [6.07, 6.45) is 0. The summed E-state index contributed by atoms with van der Waals surface area (Å²) in [4.78, 5) is 0. The zero-order valence-electron chi connectivity index (χ0n) is 10.7. The van der Waals surface area contributed by atoms with Crippen molar-refractivity contribution in [3.05, 3.63) is 63.6 Å². The first-order valence-corrected chi connectivity index (χ1v) is 6.60. The standard InChI is InChI=1S/C14H13BrF2N2O/c1-20-13-6-8(2-4-12(13)17)14(19-18)10-7-9(15)3-5-11(10)16/h2-7,14,19H,18H2,1H3. The first-order valence-electron chi connectivity index (χ1n) is 5.81. The molecule has 0 aromatic heterocycles. The molecule has 0 aliphatic carbocycles. The van der Waals surface area contributed by atoms with Crippen LogP contribution in [0.1, 0.15) is 17.2 Å². The Hall–Kier alpha value is -1.50. The zero-order chi connectivity index (χ0) is 14.7. The van der Waals surface area contributed by atoms with E-state index in [1.807, 2.05) is 0 Å². The van der Waals surface area contributed by atoms with Crippen molar-refractivity contribution in [1.29, 1.82) is 0 Å². The molecule has 0 saturated heterocycles. The van der Waals surface area contributed by atoms with Gasteiger partial charge in [-0.3, -0.25) is 5.84 Å². The summed E-state index contributed by atoms with van der Waals surface area (Å²) >= 11 is 3.29. The highest BCUT2D eigenvalue weighted by Crippen LogP contribution is 2.29. The Morgan fingerprint density at radius 3 is 2.50 bits per heavy atom. The SMILES string of the molecule is COc1cc(C(NN)c2cc(Br)ccc2F)ccc1F. The largest absolute Gasteiger partial charge is 0.494 e. The number of hydrogen-bond acceptors (Lipinski definition) is 3. The Labute approximate surface area is 123 Å². The molecule has 1 atom stereocenters. The highest BCUT2D eigenvalue weighted by atomic mass is 79.9. The Bertz CT molecular complexity index is 622. The maximum absolute atomic E-state index is 13.9. The Morgan fingerprint density at radius 1 is 1.15 bits per heavy atom. The number of nitrogens with two attached hydrogens (primary N) is 1. The van der Waals surface area contributed by atoms with Crippen LogP contribution < -0.4 is 16.0 Å². The molecule has 2 aromatic rings. The Morgan fingerprint density at radius 2 is 1.85 bits per heavy atom. The molecule has 0 spiro atoms. The van der Waals surface area contributed by atoms with E-state index in [9.17, 15) is 8.78 Å². The summed E-state index contributed by atoms with van der Waals surface area (Å²) < 4.78 is 33.0. The Kier molecular flexibility index (Phi) is 4.69. The zero-order valence-corrected chi connectivity index (χ0v) is 12.2. The minimum absolute atomic E-state index is 0.0816. The normalized spacial score (nSPS) is 12.2. The molecule has 0 aliphatic rings. The number of hydrogen-bond donors (Lipinski definition) is 2. The lowest BCUT2D eigenvalue weighted by atomic mass is 9.98. The van der Waals surface area contributed by atoms with Gasteiger partial charge in [-0.2, -0.15) is 0 Å². The molecule has 2 rings (SSSR count). The molecule has 3 N–H and O–H groups in total. The summed E-state index contributed by atoms with van der Waals surface area (Å²) in [5.41, 5.74) is 3.49. The van der Waals surface area contributed by atoms with E-state index in [1.165, 1.54) is 31.4 Å². The quantitative estimate of drug-likeness (QED) is 0.662. The van der Waals surface area contributed by atoms with E-state index in [-0.39, 0.29) is 5.75 Å². The van der Waals surface area contributed by atoms with E-state index in [2.05, 4.69) is 21.4 Å². The number of halogens is 3. The van der Waals surface area contributed by atoms with Crippen molar-refractivity contribution < 1.29 is 13.5 Å². The van der Waals surface area contributed by atoms with Crippen LogP contribution in [0.5, 0.6) is 5.75 Å². The second kappa shape index (κ2) is 6.30. The molecule has 0 amide bonds. The average molecular weight is 343 g/mol. The smallest absolute Gasteiger partial charge is 0.165 e. The van der Waals surface area contributed by atoms with Crippen molar-refractivity contribution in [3.63, 3.8) is 0 Å². The molecular formula is C14H13BrF2N2O. The molecule has 2 aromatic carbocycles. The summed E-state index contributed by atoms with van der Waals surface area (Å²) in [5.74, 6) is 4.71. The first-order chi connectivity index (χ1) is 9.56. The molecule has 6 heteroatoms. The van der Waals surface area contributed by atoms with E-state index in [4.69, 9.17) is 10.6 Å². The van der Waals surface area contributed by atoms with Gasteiger partial charge in [-0.25, -0.2) is 14.2 Å². The third-order valence-corrected chi connectivity index (χ3v) is 3.44. The second-order valence-electron chi connectivity index (χ2n) is 4.16. The van der Waals surface area contributed by atoms with Gasteiger partial charge in [0.25, 0.3) is 0 Å². The highest BCUT2D eigenvalue weighted by Gasteiger charge is 2.18. The molecule has 1 unspecified atom stereocenters. The van der Waals surface area contributed by atoms with Crippen molar-refractivity contribution >= 4 is 15.9 Å².